The Morgan fingerprint density at radius 3 is 2.65 bits per heavy atom. The first-order chi connectivity index (χ1) is 12.3. The Hall–Kier alpha value is -2.19. The Balaban J connectivity index is 1.81. The van der Waals surface area contributed by atoms with Crippen LogP contribution in [0.2, 0.25) is 0 Å². The molecule has 2 heterocycles. The average Bonchev–Trinajstić information content (AvgIpc) is 3.09. The number of thioether (sulfide) groups is 1. The molecule has 26 heavy (non-hydrogen) atoms. The van der Waals surface area contributed by atoms with Crippen LogP contribution >= 0.6 is 24.0 Å². The minimum absolute atomic E-state index is 0.205. The van der Waals surface area contributed by atoms with Crippen LogP contribution in [0.4, 0.5) is 4.39 Å². The fourth-order valence-corrected chi connectivity index (χ4v) is 4.43. The van der Waals surface area contributed by atoms with Gasteiger partial charge in [0.05, 0.1) is 12.8 Å². The van der Waals surface area contributed by atoms with Crippen LogP contribution < -0.4 is 5.32 Å². The van der Waals surface area contributed by atoms with Crippen molar-refractivity contribution in [3.05, 3.63) is 59.8 Å². The minimum atomic E-state index is -0.785. The van der Waals surface area contributed by atoms with Crippen LogP contribution in [0.1, 0.15) is 30.0 Å². The number of halogens is 1. The first kappa shape index (κ1) is 18.6. The Kier molecular flexibility index (Phi) is 5.15. The fraction of sp³-hybridized carbons (Fsp3) is 0.278. The highest BCUT2D eigenvalue weighted by molar-refractivity contribution is 8.24. The number of rotatable bonds is 4. The van der Waals surface area contributed by atoms with Crippen molar-refractivity contribution in [2.45, 2.75) is 31.2 Å². The van der Waals surface area contributed by atoms with Crippen LogP contribution in [0.3, 0.4) is 0 Å². The summed E-state index contributed by atoms with van der Waals surface area (Å²) in [6, 6.07) is 7.87. The second-order valence-electron chi connectivity index (χ2n) is 6.39. The molecule has 0 saturated carbocycles. The van der Waals surface area contributed by atoms with Crippen LogP contribution in [0.15, 0.2) is 47.1 Å². The molecule has 2 aromatic rings. The number of hydrogen-bond acceptors (Lipinski definition) is 5. The zero-order valence-corrected chi connectivity index (χ0v) is 15.8. The number of nitrogens with one attached hydrogen (secondary N) is 1. The lowest BCUT2D eigenvalue weighted by Crippen LogP contribution is -2.62. The van der Waals surface area contributed by atoms with Gasteiger partial charge in [-0.05, 0) is 50.2 Å². The number of furan rings is 1. The second kappa shape index (κ2) is 7.20. The van der Waals surface area contributed by atoms with Gasteiger partial charge in [-0.2, -0.15) is 0 Å². The smallest absolute Gasteiger partial charge is 0.252 e. The quantitative estimate of drug-likeness (QED) is 0.809. The van der Waals surface area contributed by atoms with Gasteiger partial charge in [0.15, 0.2) is 0 Å². The predicted molar refractivity (Wildman–Crippen MR) is 101 cm³/mol. The van der Waals surface area contributed by atoms with Gasteiger partial charge in [-0.3, -0.25) is 14.5 Å². The summed E-state index contributed by atoms with van der Waals surface area (Å²) in [5.41, 5.74) is 0.283. The van der Waals surface area contributed by atoms with Crippen molar-refractivity contribution in [3.8, 4) is 0 Å². The predicted octanol–water partition coefficient (Wildman–Crippen LogP) is 3.36. The number of carbonyl (C=O) groups is 2. The third-order valence-corrected chi connectivity index (χ3v) is 5.68. The standard InChI is InChI=1S/C18H17FN2O3S2/c1-18(2)14(20-15(22)11-5-7-12(19)8-6-11)16(23)21(17(25)26-18)10-13-4-3-9-24-13/h3-9,14H,10H2,1-2H3,(H,20,22). The molecule has 3 rings (SSSR count). The van der Waals surface area contributed by atoms with E-state index in [4.69, 9.17) is 16.6 Å². The molecule has 1 unspecified atom stereocenters. The zero-order valence-electron chi connectivity index (χ0n) is 14.2. The van der Waals surface area contributed by atoms with Crippen molar-refractivity contribution in [3.63, 3.8) is 0 Å². The molecule has 0 spiro atoms. The van der Waals surface area contributed by atoms with Crippen molar-refractivity contribution in [2.24, 2.45) is 0 Å². The van der Waals surface area contributed by atoms with E-state index in [1.807, 2.05) is 13.8 Å². The molecule has 2 amide bonds. The Labute approximate surface area is 159 Å². The number of benzene rings is 1. The molecule has 136 valence electrons. The summed E-state index contributed by atoms with van der Waals surface area (Å²) in [6.45, 7) is 3.90. The minimum Gasteiger partial charge on any atom is -0.467 e. The molecule has 1 fully saturated rings. The Morgan fingerprint density at radius 1 is 1.35 bits per heavy atom. The molecule has 8 heteroatoms. The maximum atomic E-state index is 13.0. The Morgan fingerprint density at radius 2 is 2.04 bits per heavy atom. The van der Waals surface area contributed by atoms with E-state index in [1.165, 1.54) is 47.2 Å². The molecule has 0 bridgehead atoms. The van der Waals surface area contributed by atoms with Gasteiger partial charge in [0, 0.05) is 10.3 Å². The highest BCUT2D eigenvalue weighted by atomic mass is 32.2. The molecule has 0 radical (unpaired) electrons. The summed E-state index contributed by atoms with van der Waals surface area (Å²) >= 11 is 6.72. The van der Waals surface area contributed by atoms with Crippen LogP contribution in [0.25, 0.3) is 0 Å². The van der Waals surface area contributed by atoms with E-state index in [1.54, 1.807) is 12.1 Å². The molecule has 1 saturated heterocycles. The van der Waals surface area contributed by atoms with Gasteiger partial charge in [-0.1, -0.05) is 24.0 Å². The van der Waals surface area contributed by atoms with Crippen LogP contribution in [-0.4, -0.2) is 31.8 Å². The lowest BCUT2D eigenvalue weighted by Gasteiger charge is -2.42. The molecule has 1 aromatic carbocycles. The summed E-state index contributed by atoms with van der Waals surface area (Å²) in [4.78, 5) is 26.9. The molecule has 1 atom stereocenters. The van der Waals surface area contributed by atoms with Crippen molar-refractivity contribution in [2.75, 3.05) is 0 Å². The largest absolute Gasteiger partial charge is 0.467 e. The van der Waals surface area contributed by atoms with E-state index in [9.17, 15) is 14.0 Å². The number of thiocarbonyl (C=S) groups is 1. The van der Waals surface area contributed by atoms with Crippen LogP contribution in [-0.2, 0) is 11.3 Å². The van der Waals surface area contributed by atoms with Crippen molar-refractivity contribution in [1.82, 2.24) is 10.2 Å². The highest BCUT2D eigenvalue weighted by Crippen LogP contribution is 2.37. The summed E-state index contributed by atoms with van der Waals surface area (Å²) < 4.78 is 18.2. The summed E-state index contributed by atoms with van der Waals surface area (Å²) in [5.74, 6) is -0.570. The summed E-state index contributed by atoms with van der Waals surface area (Å²) in [5, 5.41) is 2.76. The maximum Gasteiger partial charge on any atom is 0.252 e. The first-order valence-electron chi connectivity index (χ1n) is 7.91. The number of nitrogens with zero attached hydrogens (tertiary/aromatic N) is 1. The highest BCUT2D eigenvalue weighted by Gasteiger charge is 2.46. The molecule has 1 N–H and O–H groups in total. The third kappa shape index (κ3) is 3.81. The normalized spacial score (nSPS) is 19.5. The maximum absolute atomic E-state index is 13.0. The molecule has 1 aliphatic heterocycles. The van der Waals surface area contributed by atoms with E-state index in [0.717, 1.165) is 0 Å². The van der Waals surface area contributed by atoms with Gasteiger partial charge in [0.25, 0.3) is 11.8 Å². The molecular formula is C18H17FN2O3S2. The van der Waals surface area contributed by atoms with E-state index in [0.29, 0.717) is 10.1 Å². The lowest BCUT2D eigenvalue weighted by atomic mass is 10.0. The van der Waals surface area contributed by atoms with Gasteiger partial charge in [0.2, 0.25) is 0 Å². The molecule has 1 aromatic heterocycles. The molecular weight excluding hydrogens is 375 g/mol. The monoisotopic (exact) mass is 392 g/mol. The topological polar surface area (TPSA) is 62.6 Å². The van der Waals surface area contributed by atoms with E-state index in [-0.39, 0.29) is 18.0 Å². The second-order valence-corrected chi connectivity index (χ2v) is 8.68. The fourth-order valence-electron chi connectivity index (χ4n) is 2.63. The molecule has 0 aliphatic carbocycles. The summed E-state index contributed by atoms with van der Waals surface area (Å²) in [6.07, 6.45) is 1.53. The number of carbonyl (C=O) groups excluding carboxylic acids is 2. The van der Waals surface area contributed by atoms with Crippen LogP contribution in [0.5, 0.6) is 0 Å². The number of amides is 2. The van der Waals surface area contributed by atoms with Gasteiger partial charge in [-0.25, -0.2) is 4.39 Å². The SMILES string of the molecule is CC1(C)SC(=S)N(Cc2ccco2)C(=O)C1NC(=O)c1ccc(F)cc1. The van der Waals surface area contributed by atoms with Gasteiger partial charge >= 0.3 is 0 Å². The first-order valence-corrected chi connectivity index (χ1v) is 9.13. The zero-order chi connectivity index (χ0) is 18.9. The van der Waals surface area contributed by atoms with Crippen molar-refractivity contribution < 1.29 is 18.4 Å². The van der Waals surface area contributed by atoms with E-state index >= 15 is 0 Å². The van der Waals surface area contributed by atoms with Crippen molar-refractivity contribution >= 4 is 40.1 Å². The Bertz CT molecular complexity index is 835. The number of hydrogen-bond donors (Lipinski definition) is 1. The third-order valence-electron chi connectivity index (χ3n) is 4.05. The van der Waals surface area contributed by atoms with Crippen molar-refractivity contribution in [1.29, 1.82) is 0 Å². The average molecular weight is 392 g/mol. The molecule has 5 nitrogen and oxygen atoms in total. The van der Waals surface area contributed by atoms with Crippen LogP contribution in [0, 0.1) is 5.82 Å². The lowest BCUT2D eigenvalue weighted by molar-refractivity contribution is -0.130. The van der Waals surface area contributed by atoms with E-state index < -0.39 is 22.5 Å². The van der Waals surface area contributed by atoms with Gasteiger partial charge < -0.3 is 9.73 Å². The molecule has 1 aliphatic rings. The van der Waals surface area contributed by atoms with Gasteiger partial charge in [-0.15, -0.1) is 0 Å². The van der Waals surface area contributed by atoms with Gasteiger partial charge in [0.1, 0.15) is 21.9 Å². The summed E-state index contributed by atoms with van der Waals surface area (Å²) in [7, 11) is 0. The van der Waals surface area contributed by atoms with E-state index in [2.05, 4.69) is 5.32 Å².